The minimum Gasteiger partial charge on any atom is -0.484 e. The van der Waals surface area contributed by atoms with Crippen molar-refractivity contribution in [2.24, 2.45) is 0 Å². The lowest BCUT2D eigenvalue weighted by molar-refractivity contribution is -0.136. The zero-order valence-corrected chi connectivity index (χ0v) is 18.1. The van der Waals surface area contributed by atoms with Crippen LogP contribution < -0.4 is 14.8 Å². The fraction of sp³-hybridized carbons (Fsp3) is 0.250. The van der Waals surface area contributed by atoms with E-state index in [1.54, 1.807) is 30.5 Å². The SMILES string of the molecule is CC(CNc1cc(-c2cc(C(F)(F)F)c3ncccc3c2)ncn1)c1ccnc2c1OCCO2. The molecule has 5 rings (SSSR count). The maximum Gasteiger partial charge on any atom is 0.418 e. The lowest BCUT2D eigenvalue weighted by atomic mass is 10.0. The number of anilines is 1. The predicted molar refractivity (Wildman–Crippen MR) is 120 cm³/mol. The minimum atomic E-state index is -4.54. The van der Waals surface area contributed by atoms with Crippen molar-refractivity contribution in [3.63, 3.8) is 0 Å². The highest BCUT2D eigenvalue weighted by molar-refractivity contribution is 5.87. The van der Waals surface area contributed by atoms with Gasteiger partial charge in [0.2, 0.25) is 0 Å². The van der Waals surface area contributed by atoms with Crippen LogP contribution in [0.15, 0.2) is 55.1 Å². The van der Waals surface area contributed by atoms with Crippen molar-refractivity contribution in [1.82, 2.24) is 19.9 Å². The summed E-state index contributed by atoms with van der Waals surface area (Å²) in [7, 11) is 0. The number of ether oxygens (including phenoxy) is 2. The van der Waals surface area contributed by atoms with Crippen LogP contribution in [0.25, 0.3) is 22.2 Å². The van der Waals surface area contributed by atoms with Crippen LogP contribution in [-0.4, -0.2) is 39.7 Å². The number of rotatable bonds is 5. The van der Waals surface area contributed by atoms with Crippen molar-refractivity contribution in [3.05, 3.63) is 66.2 Å². The van der Waals surface area contributed by atoms with Crippen LogP contribution in [0.3, 0.4) is 0 Å². The van der Waals surface area contributed by atoms with Gasteiger partial charge in [-0.3, -0.25) is 4.98 Å². The van der Waals surface area contributed by atoms with Gasteiger partial charge in [-0.05, 0) is 24.3 Å². The zero-order chi connectivity index (χ0) is 23.7. The van der Waals surface area contributed by atoms with Crippen molar-refractivity contribution >= 4 is 16.7 Å². The van der Waals surface area contributed by atoms with Crippen LogP contribution in [0, 0.1) is 0 Å². The van der Waals surface area contributed by atoms with Crippen LogP contribution in [0.5, 0.6) is 11.6 Å². The summed E-state index contributed by atoms with van der Waals surface area (Å²) in [6.07, 6.45) is -0.187. The maximum absolute atomic E-state index is 13.7. The van der Waals surface area contributed by atoms with Crippen LogP contribution >= 0.6 is 0 Å². The predicted octanol–water partition coefficient (Wildman–Crippen LogP) is 5.09. The largest absolute Gasteiger partial charge is 0.484 e. The molecule has 0 radical (unpaired) electrons. The first-order valence-corrected chi connectivity index (χ1v) is 10.7. The van der Waals surface area contributed by atoms with E-state index in [0.29, 0.717) is 53.8 Å². The molecule has 1 aliphatic rings. The summed E-state index contributed by atoms with van der Waals surface area (Å²) < 4.78 is 52.3. The first-order chi connectivity index (χ1) is 16.4. The highest BCUT2D eigenvalue weighted by Gasteiger charge is 2.34. The molecule has 4 heterocycles. The van der Waals surface area contributed by atoms with Gasteiger partial charge in [-0.25, -0.2) is 15.0 Å². The number of hydrogen-bond donors (Lipinski definition) is 1. The highest BCUT2D eigenvalue weighted by atomic mass is 19.4. The third kappa shape index (κ3) is 4.30. The second-order valence-electron chi connectivity index (χ2n) is 7.90. The van der Waals surface area contributed by atoms with Crippen LogP contribution in [0.2, 0.25) is 0 Å². The molecule has 3 aromatic heterocycles. The molecule has 0 amide bonds. The van der Waals surface area contributed by atoms with Crippen LogP contribution in [-0.2, 0) is 6.18 Å². The molecule has 0 saturated heterocycles. The molecule has 10 heteroatoms. The highest BCUT2D eigenvalue weighted by Crippen LogP contribution is 2.38. The molecule has 1 aliphatic heterocycles. The van der Waals surface area contributed by atoms with E-state index in [1.807, 2.05) is 13.0 Å². The maximum atomic E-state index is 13.7. The second kappa shape index (κ2) is 8.77. The molecular formula is C24H20F3N5O2. The molecular weight excluding hydrogens is 447 g/mol. The monoisotopic (exact) mass is 467 g/mol. The lowest BCUT2D eigenvalue weighted by Gasteiger charge is -2.22. The standard InChI is InChI=1S/C24H20F3N5O2/c1-14(17-4-6-29-23-22(17)33-7-8-34-23)12-30-20-11-19(31-13-32-20)16-9-15-3-2-5-28-21(15)18(10-16)24(25,26)27/h2-6,9-11,13-14H,7-8,12H2,1H3,(H,30,31,32). The number of benzene rings is 1. The fourth-order valence-corrected chi connectivity index (χ4v) is 3.90. The second-order valence-corrected chi connectivity index (χ2v) is 7.90. The smallest absolute Gasteiger partial charge is 0.418 e. The van der Waals surface area contributed by atoms with E-state index in [-0.39, 0.29) is 11.4 Å². The van der Waals surface area contributed by atoms with E-state index < -0.39 is 11.7 Å². The zero-order valence-electron chi connectivity index (χ0n) is 18.1. The van der Waals surface area contributed by atoms with Crippen LogP contribution in [0.1, 0.15) is 24.0 Å². The van der Waals surface area contributed by atoms with E-state index in [2.05, 4.69) is 25.3 Å². The van der Waals surface area contributed by atoms with Gasteiger partial charge in [0.15, 0.2) is 5.75 Å². The van der Waals surface area contributed by atoms with E-state index in [4.69, 9.17) is 9.47 Å². The molecule has 0 saturated carbocycles. The minimum absolute atomic E-state index is 0.0282. The molecule has 7 nitrogen and oxygen atoms in total. The summed E-state index contributed by atoms with van der Waals surface area (Å²) in [5.74, 6) is 1.64. The number of alkyl halides is 3. The van der Waals surface area contributed by atoms with Gasteiger partial charge in [0.25, 0.3) is 5.88 Å². The summed E-state index contributed by atoms with van der Waals surface area (Å²) in [6.45, 7) is 3.45. The first kappa shape index (κ1) is 21.9. The Kier molecular flexibility index (Phi) is 5.64. The molecule has 0 aliphatic carbocycles. The van der Waals surface area contributed by atoms with E-state index in [0.717, 1.165) is 11.6 Å². The van der Waals surface area contributed by atoms with Crippen molar-refractivity contribution in [3.8, 4) is 22.9 Å². The van der Waals surface area contributed by atoms with Crippen LogP contribution in [0.4, 0.5) is 19.0 Å². The van der Waals surface area contributed by atoms with Gasteiger partial charge in [-0.15, -0.1) is 0 Å². The summed E-state index contributed by atoms with van der Waals surface area (Å²) >= 11 is 0. The Balaban J connectivity index is 1.40. The summed E-state index contributed by atoms with van der Waals surface area (Å²) in [5, 5.41) is 3.63. The van der Waals surface area contributed by atoms with Crippen molar-refractivity contribution in [2.45, 2.75) is 19.0 Å². The molecule has 4 aromatic rings. The molecule has 0 spiro atoms. The van der Waals surface area contributed by atoms with E-state index >= 15 is 0 Å². The average molecular weight is 467 g/mol. The first-order valence-electron chi connectivity index (χ1n) is 10.7. The summed E-state index contributed by atoms with van der Waals surface area (Å²) in [5.41, 5.74) is 0.765. The van der Waals surface area contributed by atoms with Crippen molar-refractivity contribution in [2.75, 3.05) is 25.1 Å². The molecule has 1 unspecified atom stereocenters. The van der Waals surface area contributed by atoms with Gasteiger partial charge in [-0.1, -0.05) is 13.0 Å². The van der Waals surface area contributed by atoms with E-state index in [9.17, 15) is 13.2 Å². The fourth-order valence-electron chi connectivity index (χ4n) is 3.90. The lowest BCUT2D eigenvalue weighted by Crippen LogP contribution is -2.19. The topological polar surface area (TPSA) is 82.1 Å². The number of halogens is 3. The average Bonchev–Trinajstić information content (AvgIpc) is 2.86. The number of hydrogen-bond acceptors (Lipinski definition) is 7. The third-order valence-electron chi connectivity index (χ3n) is 5.56. The Morgan fingerprint density at radius 3 is 2.71 bits per heavy atom. The van der Waals surface area contributed by atoms with Gasteiger partial charge in [0.05, 0.1) is 16.8 Å². The summed E-state index contributed by atoms with van der Waals surface area (Å²) in [6, 6.07) is 9.44. The number of aromatic nitrogens is 4. The van der Waals surface area contributed by atoms with Crippen molar-refractivity contribution in [1.29, 1.82) is 0 Å². The molecule has 34 heavy (non-hydrogen) atoms. The molecule has 1 N–H and O–H groups in total. The molecule has 0 fully saturated rings. The van der Waals surface area contributed by atoms with Gasteiger partial charge < -0.3 is 14.8 Å². The Morgan fingerprint density at radius 1 is 1.00 bits per heavy atom. The quantitative estimate of drug-likeness (QED) is 0.438. The number of nitrogens with one attached hydrogen (secondary N) is 1. The van der Waals surface area contributed by atoms with Crippen molar-refractivity contribution < 1.29 is 22.6 Å². The molecule has 1 aromatic carbocycles. The Morgan fingerprint density at radius 2 is 1.85 bits per heavy atom. The van der Waals surface area contributed by atoms with Gasteiger partial charge >= 0.3 is 6.18 Å². The number of nitrogens with zero attached hydrogens (tertiary/aromatic N) is 4. The van der Waals surface area contributed by atoms with Gasteiger partial charge in [0.1, 0.15) is 25.4 Å². The number of fused-ring (bicyclic) bond motifs is 2. The normalized spacial score (nSPS) is 14.1. The third-order valence-corrected chi connectivity index (χ3v) is 5.56. The molecule has 0 bridgehead atoms. The molecule has 174 valence electrons. The number of pyridine rings is 2. The van der Waals surface area contributed by atoms with Gasteiger partial charge in [0, 0.05) is 47.4 Å². The Hall–Kier alpha value is -3.95. The Bertz CT molecular complexity index is 1350. The van der Waals surface area contributed by atoms with Gasteiger partial charge in [-0.2, -0.15) is 13.2 Å². The van der Waals surface area contributed by atoms with E-state index in [1.165, 1.54) is 12.5 Å². The summed E-state index contributed by atoms with van der Waals surface area (Å²) in [4.78, 5) is 16.5. The molecule has 1 atom stereocenters. The Labute approximate surface area is 193 Å².